The second kappa shape index (κ2) is 7.67. The topological polar surface area (TPSA) is 49.4 Å². The molecule has 0 aliphatic carbocycles. The van der Waals surface area contributed by atoms with E-state index in [0.717, 1.165) is 32.3 Å². The van der Waals surface area contributed by atoms with Crippen LogP contribution in [0.25, 0.3) is 0 Å². The molecule has 2 aliphatic rings. The van der Waals surface area contributed by atoms with E-state index in [4.69, 9.17) is 9.98 Å². The maximum atomic E-state index is 4.77. The van der Waals surface area contributed by atoms with Crippen molar-refractivity contribution in [3.05, 3.63) is 71.3 Å². The fourth-order valence-electron chi connectivity index (χ4n) is 3.69. The zero-order valence-corrected chi connectivity index (χ0v) is 19.2. The molecule has 0 saturated carbocycles. The summed E-state index contributed by atoms with van der Waals surface area (Å²) >= 11 is 9.23. The van der Waals surface area contributed by atoms with Crippen LogP contribution in [0.3, 0.4) is 0 Å². The van der Waals surface area contributed by atoms with Crippen molar-refractivity contribution in [1.29, 1.82) is 0 Å². The Morgan fingerprint density at radius 3 is 1.33 bits per heavy atom. The van der Waals surface area contributed by atoms with Crippen LogP contribution < -0.4 is 0 Å². The van der Waals surface area contributed by atoms with E-state index in [1.165, 1.54) is 0 Å². The Morgan fingerprint density at radius 1 is 0.600 bits per heavy atom. The maximum Gasteiger partial charge on any atom is 0.198 e. The highest BCUT2D eigenvalue weighted by molar-refractivity contribution is 7.80. The first-order chi connectivity index (χ1) is 14.2. The molecule has 0 fully saturated rings. The molecule has 2 aromatic carbocycles. The van der Waals surface area contributed by atoms with E-state index in [0.29, 0.717) is 11.6 Å². The lowest BCUT2D eigenvalue weighted by atomic mass is 9.80. The molecule has 0 bridgehead atoms. The van der Waals surface area contributed by atoms with Gasteiger partial charge in [-0.15, -0.1) is 25.3 Å². The molecule has 2 aromatic rings. The normalized spacial score (nSPS) is 18.7. The van der Waals surface area contributed by atoms with Crippen molar-refractivity contribution < 1.29 is 0 Å². The molecule has 2 aliphatic heterocycles. The molecule has 0 atom stereocenters. The van der Waals surface area contributed by atoms with Crippen molar-refractivity contribution in [2.45, 2.75) is 48.3 Å². The average molecular weight is 433 g/mol. The minimum Gasteiger partial charge on any atom is -0.232 e. The first-order valence-electron chi connectivity index (χ1n) is 9.79. The van der Waals surface area contributed by atoms with Crippen molar-refractivity contribution in [2.75, 3.05) is 0 Å². The molecule has 4 rings (SSSR count). The summed E-state index contributed by atoms with van der Waals surface area (Å²) in [7, 11) is 0. The summed E-state index contributed by atoms with van der Waals surface area (Å²) in [4.78, 5) is 20.4. The van der Waals surface area contributed by atoms with Crippen LogP contribution in [-0.4, -0.2) is 23.9 Å². The number of hydrogen-bond acceptors (Lipinski definition) is 6. The SMILES string of the molecule is CC(C)(C1=N/C(=C2/N=CC(C(C)(C)c3ccccc3S)=N2)N=C1)c1ccccc1S. The van der Waals surface area contributed by atoms with Gasteiger partial charge in [0.2, 0.25) is 0 Å². The molecule has 0 amide bonds. The van der Waals surface area contributed by atoms with E-state index in [-0.39, 0.29) is 10.8 Å². The van der Waals surface area contributed by atoms with Crippen molar-refractivity contribution in [1.82, 2.24) is 0 Å². The van der Waals surface area contributed by atoms with Crippen LogP contribution in [0, 0.1) is 0 Å². The summed E-state index contributed by atoms with van der Waals surface area (Å²) in [5.41, 5.74) is 3.29. The number of rotatable bonds is 4. The predicted molar refractivity (Wildman–Crippen MR) is 132 cm³/mol. The Morgan fingerprint density at radius 2 is 0.967 bits per heavy atom. The van der Waals surface area contributed by atoms with Gasteiger partial charge in [0, 0.05) is 20.6 Å². The molecular weight excluding hydrogens is 408 g/mol. The fraction of sp³-hybridized carbons (Fsp3) is 0.250. The van der Waals surface area contributed by atoms with E-state index >= 15 is 0 Å². The largest absolute Gasteiger partial charge is 0.232 e. The van der Waals surface area contributed by atoms with Gasteiger partial charge in [0.25, 0.3) is 0 Å². The van der Waals surface area contributed by atoms with Crippen LogP contribution in [0.2, 0.25) is 0 Å². The fourth-order valence-corrected chi connectivity index (χ4v) is 4.57. The van der Waals surface area contributed by atoms with Crippen LogP contribution in [0.1, 0.15) is 38.8 Å². The Labute approximate surface area is 188 Å². The van der Waals surface area contributed by atoms with Gasteiger partial charge in [0.05, 0.1) is 23.9 Å². The van der Waals surface area contributed by atoms with Gasteiger partial charge in [0.15, 0.2) is 11.6 Å². The summed E-state index contributed by atoms with van der Waals surface area (Å²) in [5.74, 6) is 1.08. The van der Waals surface area contributed by atoms with Crippen LogP contribution in [0.15, 0.2) is 89.9 Å². The average Bonchev–Trinajstić information content (AvgIpc) is 3.38. The van der Waals surface area contributed by atoms with Gasteiger partial charge >= 0.3 is 0 Å². The summed E-state index contributed by atoms with van der Waals surface area (Å²) < 4.78 is 0. The quantitative estimate of drug-likeness (QED) is 0.583. The second-order valence-electron chi connectivity index (χ2n) is 8.44. The van der Waals surface area contributed by atoms with Gasteiger partial charge in [0.1, 0.15) is 0 Å². The highest BCUT2D eigenvalue weighted by atomic mass is 32.1. The third-order valence-electron chi connectivity index (χ3n) is 5.71. The molecule has 0 spiro atoms. The molecule has 4 nitrogen and oxygen atoms in total. The van der Waals surface area contributed by atoms with Gasteiger partial charge in [-0.3, -0.25) is 0 Å². The molecule has 30 heavy (non-hydrogen) atoms. The lowest BCUT2D eigenvalue weighted by Gasteiger charge is -2.25. The molecule has 0 radical (unpaired) electrons. The van der Waals surface area contributed by atoms with E-state index in [1.807, 2.05) is 36.4 Å². The number of benzene rings is 2. The summed E-state index contributed by atoms with van der Waals surface area (Å²) in [6.45, 7) is 8.50. The Balaban J connectivity index is 1.68. The molecule has 6 heteroatoms. The lowest BCUT2D eigenvalue weighted by molar-refractivity contribution is 0.708. The third kappa shape index (κ3) is 3.59. The number of nitrogens with zero attached hydrogens (tertiary/aromatic N) is 4. The van der Waals surface area contributed by atoms with Gasteiger partial charge in [-0.2, -0.15) is 0 Å². The first kappa shape index (κ1) is 20.8. The van der Waals surface area contributed by atoms with Gasteiger partial charge in [-0.05, 0) is 23.3 Å². The minimum atomic E-state index is -0.330. The predicted octanol–water partition coefficient (Wildman–Crippen LogP) is 5.70. The molecule has 2 heterocycles. The molecule has 0 aromatic heterocycles. The molecule has 0 saturated heterocycles. The van der Waals surface area contributed by atoms with Gasteiger partial charge < -0.3 is 0 Å². The number of aliphatic imine (C=N–C) groups is 4. The molecular formula is C24H24N4S2. The zero-order valence-electron chi connectivity index (χ0n) is 17.5. The van der Waals surface area contributed by atoms with Crippen LogP contribution in [-0.2, 0) is 10.8 Å². The maximum absolute atomic E-state index is 4.77. The third-order valence-corrected chi connectivity index (χ3v) is 6.49. The van der Waals surface area contributed by atoms with E-state index in [2.05, 4.69) is 75.1 Å². The zero-order chi connectivity index (χ0) is 21.5. The van der Waals surface area contributed by atoms with Gasteiger partial charge in [-0.25, -0.2) is 20.0 Å². The highest BCUT2D eigenvalue weighted by Gasteiger charge is 2.33. The van der Waals surface area contributed by atoms with Crippen molar-refractivity contribution in [3.63, 3.8) is 0 Å². The van der Waals surface area contributed by atoms with Crippen LogP contribution in [0.5, 0.6) is 0 Å². The number of thiol groups is 2. The Kier molecular flexibility index (Phi) is 5.32. The van der Waals surface area contributed by atoms with Crippen molar-refractivity contribution >= 4 is 49.1 Å². The van der Waals surface area contributed by atoms with E-state index in [9.17, 15) is 0 Å². The molecule has 152 valence electrons. The first-order valence-corrected chi connectivity index (χ1v) is 10.7. The van der Waals surface area contributed by atoms with E-state index in [1.54, 1.807) is 12.4 Å². The second-order valence-corrected chi connectivity index (χ2v) is 9.41. The van der Waals surface area contributed by atoms with Crippen molar-refractivity contribution in [2.24, 2.45) is 20.0 Å². The van der Waals surface area contributed by atoms with Crippen LogP contribution in [0.4, 0.5) is 0 Å². The molecule has 0 N–H and O–H groups in total. The summed E-state index contributed by atoms with van der Waals surface area (Å²) in [5, 5.41) is 0. The Bertz CT molecular complexity index is 1080. The van der Waals surface area contributed by atoms with Crippen LogP contribution >= 0.6 is 25.3 Å². The minimum absolute atomic E-state index is 0.330. The number of hydrogen-bond donors (Lipinski definition) is 2. The van der Waals surface area contributed by atoms with E-state index < -0.39 is 0 Å². The summed E-state index contributed by atoms with van der Waals surface area (Å²) in [6, 6.07) is 16.1. The highest BCUT2D eigenvalue weighted by Crippen LogP contribution is 2.35. The standard InChI is InChI=1S/C24H24N4S2/c1-23(2,15-9-5-7-11-17(15)29)19-13-25-21(27-19)22-26-14-20(28-22)24(3,4)16-10-6-8-12-18(16)30/h5-14,29-30H,1-4H3/b22-21-. The summed E-state index contributed by atoms with van der Waals surface area (Å²) in [6.07, 6.45) is 3.61. The Hall–Kier alpha value is -2.44. The molecule has 0 unspecified atom stereocenters. The van der Waals surface area contributed by atoms with Crippen molar-refractivity contribution in [3.8, 4) is 0 Å². The lowest BCUT2D eigenvalue weighted by Crippen LogP contribution is -2.29. The van der Waals surface area contributed by atoms with Gasteiger partial charge in [-0.1, -0.05) is 64.1 Å². The monoisotopic (exact) mass is 432 g/mol. The smallest absolute Gasteiger partial charge is 0.198 e.